The summed E-state index contributed by atoms with van der Waals surface area (Å²) < 4.78 is 11.5. The number of ether oxygens (including phenoxy) is 2. The highest BCUT2D eigenvalue weighted by atomic mass is 16.5. The van der Waals surface area contributed by atoms with Crippen LogP contribution in [-0.2, 0) is 16.0 Å². The molecular formula is C31H33NO5. The zero-order chi connectivity index (χ0) is 26.7. The summed E-state index contributed by atoms with van der Waals surface area (Å²) in [6.45, 7) is 9.76. The van der Waals surface area contributed by atoms with Gasteiger partial charge in [-0.25, -0.2) is 0 Å². The summed E-state index contributed by atoms with van der Waals surface area (Å²) in [4.78, 5) is 28.3. The minimum absolute atomic E-state index is 0.00703. The van der Waals surface area contributed by atoms with Gasteiger partial charge in [-0.2, -0.15) is 0 Å². The highest BCUT2D eigenvalue weighted by Crippen LogP contribution is 2.42. The number of ketones is 1. The van der Waals surface area contributed by atoms with Gasteiger partial charge in [-0.15, -0.1) is 0 Å². The second kappa shape index (κ2) is 10.9. The summed E-state index contributed by atoms with van der Waals surface area (Å²) in [6.07, 6.45) is 0.816. The first-order valence-corrected chi connectivity index (χ1v) is 12.6. The molecule has 192 valence electrons. The fourth-order valence-electron chi connectivity index (χ4n) is 4.45. The molecule has 4 rings (SSSR count). The van der Waals surface area contributed by atoms with Crippen LogP contribution in [0.5, 0.6) is 11.5 Å². The predicted molar refractivity (Wildman–Crippen MR) is 145 cm³/mol. The van der Waals surface area contributed by atoms with Crippen molar-refractivity contribution in [2.24, 2.45) is 0 Å². The second-order valence-electron chi connectivity index (χ2n) is 9.62. The highest BCUT2D eigenvalue weighted by molar-refractivity contribution is 6.51. The smallest absolute Gasteiger partial charge is 0.300 e. The van der Waals surface area contributed by atoms with Gasteiger partial charge in [-0.3, -0.25) is 14.5 Å². The fraction of sp³-hybridized carbons (Fsp3) is 0.290. The third-order valence-electron chi connectivity index (χ3n) is 6.11. The van der Waals surface area contributed by atoms with Gasteiger partial charge in [0.25, 0.3) is 11.7 Å². The maximum Gasteiger partial charge on any atom is 0.300 e. The number of hydrogen-bond donors (Lipinski definition) is 1. The molecular weight excluding hydrogens is 466 g/mol. The highest BCUT2D eigenvalue weighted by Gasteiger charge is 2.47. The molecule has 0 aromatic heterocycles. The van der Waals surface area contributed by atoms with Crippen LogP contribution < -0.4 is 14.4 Å². The molecule has 0 spiro atoms. The molecule has 1 saturated heterocycles. The molecule has 3 aromatic rings. The van der Waals surface area contributed by atoms with Gasteiger partial charge in [0.1, 0.15) is 17.3 Å². The maximum absolute atomic E-state index is 13.4. The third kappa shape index (κ3) is 5.53. The molecule has 1 heterocycles. The van der Waals surface area contributed by atoms with E-state index in [1.54, 1.807) is 48.5 Å². The Morgan fingerprint density at radius 1 is 0.865 bits per heavy atom. The van der Waals surface area contributed by atoms with Gasteiger partial charge in [-0.05, 0) is 81.6 Å². The van der Waals surface area contributed by atoms with Gasteiger partial charge in [0, 0.05) is 11.3 Å². The first kappa shape index (κ1) is 26.0. The van der Waals surface area contributed by atoms with Crippen LogP contribution in [0.15, 0.2) is 78.4 Å². The number of amides is 1. The number of hydrogen-bond acceptors (Lipinski definition) is 5. The van der Waals surface area contributed by atoms with Crippen LogP contribution in [-0.4, -0.2) is 29.0 Å². The topological polar surface area (TPSA) is 76.1 Å². The fourth-order valence-corrected chi connectivity index (χ4v) is 4.45. The average Bonchev–Trinajstić information content (AvgIpc) is 3.14. The maximum atomic E-state index is 13.4. The van der Waals surface area contributed by atoms with E-state index in [0.29, 0.717) is 22.7 Å². The van der Waals surface area contributed by atoms with Crippen LogP contribution in [0.4, 0.5) is 5.69 Å². The van der Waals surface area contributed by atoms with Crippen molar-refractivity contribution in [2.75, 3.05) is 4.90 Å². The monoisotopic (exact) mass is 499 g/mol. The van der Waals surface area contributed by atoms with E-state index < -0.39 is 17.7 Å². The van der Waals surface area contributed by atoms with E-state index in [-0.39, 0.29) is 23.5 Å². The van der Waals surface area contributed by atoms with Crippen molar-refractivity contribution in [3.8, 4) is 11.5 Å². The number of carbonyl (C=O) groups excluding carboxylic acids is 2. The number of Topliss-reactive ketones (excluding diaryl/α,β-unsaturated/α-hetero) is 1. The van der Waals surface area contributed by atoms with Crippen molar-refractivity contribution in [3.63, 3.8) is 0 Å². The lowest BCUT2D eigenvalue weighted by Gasteiger charge is -2.26. The first-order chi connectivity index (χ1) is 17.7. The Bertz CT molecular complexity index is 1310. The van der Waals surface area contributed by atoms with E-state index in [4.69, 9.17) is 9.47 Å². The molecule has 1 unspecified atom stereocenters. The van der Waals surface area contributed by atoms with Gasteiger partial charge in [0.2, 0.25) is 0 Å². The Hall–Kier alpha value is -4.06. The van der Waals surface area contributed by atoms with Crippen LogP contribution in [0.2, 0.25) is 0 Å². The molecule has 0 saturated carbocycles. The van der Waals surface area contributed by atoms with Crippen LogP contribution >= 0.6 is 0 Å². The van der Waals surface area contributed by atoms with E-state index in [1.807, 2.05) is 52.0 Å². The summed E-state index contributed by atoms with van der Waals surface area (Å²) >= 11 is 0. The predicted octanol–water partition coefficient (Wildman–Crippen LogP) is 6.45. The molecule has 0 radical (unpaired) electrons. The summed E-state index contributed by atoms with van der Waals surface area (Å²) in [5.74, 6) is -0.434. The number of carbonyl (C=O) groups is 2. The summed E-state index contributed by atoms with van der Waals surface area (Å²) in [7, 11) is 0. The van der Waals surface area contributed by atoms with Crippen LogP contribution in [0.25, 0.3) is 5.76 Å². The lowest BCUT2D eigenvalue weighted by Crippen LogP contribution is -2.29. The Labute approximate surface area is 218 Å². The lowest BCUT2D eigenvalue weighted by atomic mass is 9.94. The molecule has 6 heteroatoms. The molecule has 0 aliphatic carbocycles. The van der Waals surface area contributed by atoms with Crippen molar-refractivity contribution in [2.45, 2.75) is 59.3 Å². The van der Waals surface area contributed by atoms with Crippen molar-refractivity contribution < 1.29 is 24.2 Å². The standard InChI is InChI=1S/C31H33NO5/c1-6-21-10-12-22(13-11-21)28-27(29(33)23-8-7-9-26(18-23)37-20(4)5)30(34)31(35)32(28)24-14-16-25(17-15-24)36-19(2)3/h7-20,28,33H,6H2,1-5H3/b29-27-. The normalized spacial score (nSPS) is 17.1. The van der Waals surface area contributed by atoms with Gasteiger partial charge in [0.15, 0.2) is 0 Å². The van der Waals surface area contributed by atoms with E-state index >= 15 is 0 Å². The minimum Gasteiger partial charge on any atom is -0.507 e. The van der Waals surface area contributed by atoms with E-state index in [9.17, 15) is 14.7 Å². The average molecular weight is 500 g/mol. The third-order valence-corrected chi connectivity index (χ3v) is 6.11. The van der Waals surface area contributed by atoms with Crippen LogP contribution in [0.3, 0.4) is 0 Å². The van der Waals surface area contributed by atoms with Crippen LogP contribution in [0, 0.1) is 0 Å². The molecule has 1 N–H and O–H groups in total. The molecule has 1 aliphatic rings. The zero-order valence-corrected chi connectivity index (χ0v) is 21.9. The molecule has 3 aromatic carbocycles. The van der Waals surface area contributed by atoms with Gasteiger partial charge in [0.05, 0.1) is 23.8 Å². The van der Waals surface area contributed by atoms with E-state index in [2.05, 4.69) is 6.92 Å². The van der Waals surface area contributed by atoms with Crippen molar-refractivity contribution in [1.29, 1.82) is 0 Å². The van der Waals surface area contributed by atoms with Gasteiger partial charge < -0.3 is 14.6 Å². The molecule has 1 fully saturated rings. The number of benzene rings is 3. The second-order valence-corrected chi connectivity index (χ2v) is 9.62. The Kier molecular flexibility index (Phi) is 7.67. The summed E-state index contributed by atoms with van der Waals surface area (Å²) in [5, 5.41) is 11.4. The number of rotatable bonds is 8. The molecule has 1 atom stereocenters. The van der Waals surface area contributed by atoms with Crippen LogP contribution in [0.1, 0.15) is 57.4 Å². The number of aryl methyl sites for hydroxylation is 1. The van der Waals surface area contributed by atoms with E-state index in [1.165, 1.54) is 4.90 Å². The number of nitrogens with zero attached hydrogens (tertiary/aromatic N) is 1. The Morgan fingerprint density at radius 3 is 2.08 bits per heavy atom. The molecule has 0 bridgehead atoms. The van der Waals surface area contributed by atoms with Crippen molar-refractivity contribution in [3.05, 3.63) is 95.1 Å². The number of aliphatic hydroxyl groups excluding tert-OH is 1. The Balaban J connectivity index is 1.85. The van der Waals surface area contributed by atoms with Crippen molar-refractivity contribution in [1.82, 2.24) is 0 Å². The summed E-state index contributed by atoms with van der Waals surface area (Å²) in [5.41, 5.74) is 2.86. The quantitative estimate of drug-likeness (QED) is 0.219. The minimum atomic E-state index is -0.794. The van der Waals surface area contributed by atoms with Crippen molar-refractivity contribution >= 4 is 23.1 Å². The number of anilines is 1. The largest absolute Gasteiger partial charge is 0.507 e. The molecule has 37 heavy (non-hydrogen) atoms. The first-order valence-electron chi connectivity index (χ1n) is 12.6. The SMILES string of the molecule is CCc1ccc(C2/C(=C(/O)c3cccc(OC(C)C)c3)C(=O)C(=O)N2c2ccc(OC(C)C)cc2)cc1. The Morgan fingerprint density at radius 2 is 1.49 bits per heavy atom. The van der Waals surface area contributed by atoms with E-state index in [0.717, 1.165) is 17.5 Å². The van der Waals surface area contributed by atoms with Gasteiger partial charge in [-0.1, -0.05) is 43.3 Å². The molecule has 1 aliphatic heterocycles. The molecule has 1 amide bonds. The summed E-state index contributed by atoms with van der Waals surface area (Å²) in [6, 6.07) is 21.0. The molecule has 6 nitrogen and oxygen atoms in total. The lowest BCUT2D eigenvalue weighted by molar-refractivity contribution is -0.132. The number of aliphatic hydroxyl groups is 1. The van der Waals surface area contributed by atoms with Gasteiger partial charge >= 0.3 is 0 Å². The zero-order valence-electron chi connectivity index (χ0n) is 21.9.